The minimum absolute atomic E-state index is 0.577. The lowest BCUT2D eigenvalue weighted by Gasteiger charge is -1.91. The molecule has 0 aliphatic carbocycles. The van der Waals surface area contributed by atoms with Gasteiger partial charge in [0.05, 0.1) is 5.69 Å². The van der Waals surface area contributed by atoms with Crippen LogP contribution in [0.4, 0.5) is 0 Å². The number of nitrogens with one attached hydrogen (secondary N) is 1. The molecular formula is C7H6N6S. The molecule has 7 heteroatoms. The Labute approximate surface area is 82.6 Å². The average Bonchev–Trinajstić information content (AvgIpc) is 2.78. The zero-order chi connectivity index (χ0) is 9.54. The number of aromatic amines is 1. The van der Waals surface area contributed by atoms with Crippen LogP contribution in [0, 0.1) is 6.92 Å². The van der Waals surface area contributed by atoms with Gasteiger partial charge < -0.3 is 0 Å². The van der Waals surface area contributed by atoms with Crippen LogP contribution in [0.25, 0.3) is 16.5 Å². The van der Waals surface area contributed by atoms with E-state index in [1.807, 2.05) is 22.9 Å². The second-order valence-corrected chi connectivity index (χ2v) is 3.71. The van der Waals surface area contributed by atoms with Gasteiger partial charge in [0, 0.05) is 11.6 Å². The van der Waals surface area contributed by atoms with E-state index in [9.17, 15) is 0 Å². The van der Waals surface area contributed by atoms with Crippen LogP contribution in [-0.4, -0.2) is 30.0 Å². The smallest absolute Gasteiger partial charge is 0.223 e. The molecular weight excluding hydrogens is 200 g/mol. The van der Waals surface area contributed by atoms with Gasteiger partial charge in [-0.3, -0.25) is 4.40 Å². The SMILES string of the molecule is Cc1nc2sccn2c1-c1nn[nH]n1. The molecule has 70 valence electrons. The van der Waals surface area contributed by atoms with Crippen LogP contribution in [0.1, 0.15) is 5.69 Å². The number of aromatic nitrogens is 6. The van der Waals surface area contributed by atoms with Crippen molar-refractivity contribution in [1.82, 2.24) is 30.0 Å². The first-order valence-corrected chi connectivity index (χ1v) is 4.90. The largest absolute Gasteiger partial charge is 0.287 e. The molecule has 0 spiro atoms. The van der Waals surface area contributed by atoms with E-state index in [4.69, 9.17) is 0 Å². The van der Waals surface area contributed by atoms with Gasteiger partial charge in [0.1, 0.15) is 5.69 Å². The van der Waals surface area contributed by atoms with Gasteiger partial charge in [0.15, 0.2) is 4.96 Å². The maximum atomic E-state index is 4.39. The highest BCUT2D eigenvalue weighted by molar-refractivity contribution is 7.15. The number of tetrazole rings is 1. The van der Waals surface area contributed by atoms with Gasteiger partial charge in [0.25, 0.3) is 0 Å². The molecule has 6 nitrogen and oxygen atoms in total. The lowest BCUT2D eigenvalue weighted by atomic mass is 10.3. The molecule has 3 heterocycles. The maximum Gasteiger partial charge on any atom is 0.223 e. The molecule has 0 unspecified atom stereocenters. The Morgan fingerprint density at radius 1 is 1.50 bits per heavy atom. The molecule has 1 N–H and O–H groups in total. The van der Waals surface area contributed by atoms with Gasteiger partial charge in [-0.1, -0.05) is 0 Å². The summed E-state index contributed by atoms with van der Waals surface area (Å²) in [6.07, 6.45) is 1.95. The van der Waals surface area contributed by atoms with E-state index >= 15 is 0 Å². The number of hydrogen-bond acceptors (Lipinski definition) is 5. The molecule has 0 aromatic carbocycles. The first kappa shape index (κ1) is 7.63. The van der Waals surface area contributed by atoms with Crippen molar-refractivity contribution in [2.45, 2.75) is 6.92 Å². The molecule has 0 amide bonds. The van der Waals surface area contributed by atoms with Gasteiger partial charge in [0.2, 0.25) is 5.82 Å². The standard InChI is InChI=1S/C7H6N6S/c1-4-5(6-9-11-12-10-6)13-2-3-14-7(13)8-4/h2-3H,1H3,(H,9,10,11,12). The van der Waals surface area contributed by atoms with E-state index in [0.29, 0.717) is 5.82 Å². The quantitative estimate of drug-likeness (QED) is 0.641. The van der Waals surface area contributed by atoms with Crippen molar-refractivity contribution in [1.29, 1.82) is 0 Å². The lowest BCUT2D eigenvalue weighted by molar-refractivity contribution is 0.881. The summed E-state index contributed by atoms with van der Waals surface area (Å²) in [6.45, 7) is 1.94. The second-order valence-electron chi connectivity index (χ2n) is 2.84. The molecule has 0 fully saturated rings. The van der Waals surface area contributed by atoms with E-state index in [2.05, 4.69) is 25.6 Å². The molecule has 3 aromatic heterocycles. The van der Waals surface area contributed by atoms with Crippen LogP contribution in [-0.2, 0) is 0 Å². The number of rotatable bonds is 1. The van der Waals surface area contributed by atoms with Gasteiger partial charge in [-0.25, -0.2) is 4.98 Å². The molecule has 0 aliphatic rings. The van der Waals surface area contributed by atoms with E-state index < -0.39 is 0 Å². The van der Waals surface area contributed by atoms with Crippen LogP contribution < -0.4 is 0 Å². The van der Waals surface area contributed by atoms with Crippen LogP contribution >= 0.6 is 11.3 Å². The van der Waals surface area contributed by atoms with Crippen molar-refractivity contribution in [3.8, 4) is 11.5 Å². The van der Waals surface area contributed by atoms with Crippen molar-refractivity contribution in [2.75, 3.05) is 0 Å². The molecule has 3 aromatic rings. The summed E-state index contributed by atoms with van der Waals surface area (Å²) in [5, 5.41) is 15.8. The summed E-state index contributed by atoms with van der Waals surface area (Å²) in [5.41, 5.74) is 1.81. The summed E-state index contributed by atoms with van der Waals surface area (Å²) < 4.78 is 1.96. The Kier molecular flexibility index (Phi) is 1.42. The van der Waals surface area contributed by atoms with Crippen molar-refractivity contribution < 1.29 is 0 Å². The minimum atomic E-state index is 0.577. The molecule has 0 radical (unpaired) electrons. The summed E-state index contributed by atoms with van der Waals surface area (Å²) in [4.78, 5) is 5.34. The third kappa shape index (κ3) is 0.896. The number of thiazole rings is 1. The van der Waals surface area contributed by atoms with Gasteiger partial charge in [-0.2, -0.15) is 5.21 Å². The highest BCUT2D eigenvalue weighted by Gasteiger charge is 2.14. The fourth-order valence-electron chi connectivity index (χ4n) is 1.43. The summed E-state index contributed by atoms with van der Waals surface area (Å²) in [5.74, 6) is 0.577. The zero-order valence-corrected chi connectivity index (χ0v) is 8.12. The van der Waals surface area contributed by atoms with Crippen molar-refractivity contribution in [3.05, 3.63) is 17.3 Å². The summed E-state index contributed by atoms with van der Waals surface area (Å²) in [6, 6.07) is 0. The Hall–Kier alpha value is -1.76. The Balaban J connectivity index is 2.38. The number of nitrogens with zero attached hydrogens (tertiary/aromatic N) is 5. The molecule has 0 saturated carbocycles. The molecule has 0 bridgehead atoms. The first-order valence-electron chi connectivity index (χ1n) is 4.02. The van der Waals surface area contributed by atoms with Crippen molar-refractivity contribution >= 4 is 16.3 Å². The van der Waals surface area contributed by atoms with E-state index in [-0.39, 0.29) is 0 Å². The second kappa shape index (κ2) is 2.61. The average molecular weight is 206 g/mol. The summed E-state index contributed by atoms with van der Waals surface area (Å²) in [7, 11) is 0. The van der Waals surface area contributed by atoms with E-state index in [0.717, 1.165) is 16.3 Å². The van der Waals surface area contributed by atoms with Gasteiger partial charge in [-0.15, -0.1) is 21.5 Å². The van der Waals surface area contributed by atoms with Crippen molar-refractivity contribution in [2.24, 2.45) is 0 Å². The normalized spacial score (nSPS) is 11.2. The van der Waals surface area contributed by atoms with Crippen LogP contribution in [0.3, 0.4) is 0 Å². The predicted octanol–water partition coefficient (Wildman–Crippen LogP) is 0.884. The Morgan fingerprint density at radius 2 is 2.43 bits per heavy atom. The fourth-order valence-corrected chi connectivity index (χ4v) is 2.19. The monoisotopic (exact) mass is 206 g/mol. The number of H-pyrrole nitrogens is 1. The van der Waals surface area contributed by atoms with Crippen molar-refractivity contribution in [3.63, 3.8) is 0 Å². The van der Waals surface area contributed by atoms with E-state index in [1.54, 1.807) is 11.3 Å². The topological polar surface area (TPSA) is 71.8 Å². The van der Waals surface area contributed by atoms with E-state index in [1.165, 1.54) is 0 Å². The number of fused-ring (bicyclic) bond motifs is 1. The number of hydrogen-bond donors (Lipinski definition) is 1. The maximum absolute atomic E-state index is 4.39. The zero-order valence-electron chi connectivity index (χ0n) is 7.30. The fraction of sp³-hybridized carbons (Fsp3) is 0.143. The first-order chi connectivity index (χ1) is 6.86. The van der Waals surface area contributed by atoms with Crippen LogP contribution in [0.2, 0.25) is 0 Å². The molecule has 14 heavy (non-hydrogen) atoms. The van der Waals surface area contributed by atoms with Crippen LogP contribution in [0.15, 0.2) is 11.6 Å². The highest BCUT2D eigenvalue weighted by Crippen LogP contribution is 2.23. The number of aryl methyl sites for hydroxylation is 1. The minimum Gasteiger partial charge on any atom is -0.287 e. The predicted molar refractivity (Wildman–Crippen MR) is 51.0 cm³/mol. The summed E-state index contributed by atoms with van der Waals surface area (Å²) >= 11 is 1.59. The molecule has 3 rings (SSSR count). The van der Waals surface area contributed by atoms with Gasteiger partial charge >= 0.3 is 0 Å². The third-order valence-corrected chi connectivity index (χ3v) is 2.75. The Bertz CT molecular complexity index is 562. The third-order valence-electron chi connectivity index (χ3n) is 1.99. The van der Waals surface area contributed by atoms with Gasteiger partial charge in [-0.05, 0) is 12.1 Å². The molecule has 0 aliphatic heterocycles. The lowest BCUT2D eigenvalue weighted by Crippen LogP contribution is -1.88. The van der Waals surface area contributed by atoms with Crippen LogP contribution in [0.5, 0.6) is 0 Å². The Morgan fingerprint density at radius 3 is 3.21 bits per heavy atom. The molecule has 0 atom stereocenters. The highest BCUT2D eigenvalue weighted by atomic mass is 32.1. The molecule has 0 saturated heterocycles. The number of imidazole rings is 1.